The standard InChI is InChI=1S/C13H21BrN4/c1-3-18(4-2)8-7-15-12-9-11(14)16-13(17-12)10-5-6-10/h9-10H,3-8H2,1-2H3,(H,15,16,17). The van der Waals surface area contributed by atoms with Gasteiger partial charge in [-0.05, 0) is 41.9 Å². The number of halogens is 1. The van der Waals surface area contributed by atoms with Crippen LogP contribution >= 0.6 is 15.9 Å². The van der Waals surface area contributed by atoms with Gasteiger partial charge in [-0.25, -0.2) is 9.97 Å². The van der Waals surface area contributed by atoms with Gasteiger partial charge in [0.15, 0.2) is 0 Å². The lowest BCUT2D eigenvalue weighted by Crippen LogP contribution is -2.28. The summed E-state index contributed by atoms with van der Waals surface area (Å²) in [5, 5.41) is 3.38. The smallest absolute Gasteiger partial charge is 0.135 e. The van der Waals surface area contributed by atoms with Crippen molar-refractivity contribution in [1.29, 1.82) is 0 Å². The van der Waals surface area contributed by atoms with Crippen molar-refractivity contribution in [3.63, 3.8) is 0 Å². The number of nitrogens with one attached hydrogen (secondary N) is 1. The lowest BCUT2D eigenvalue weighted by Gasteiger charge is -2.18. The Morgan fingerprint density at radius 1 is 1.33 bits per heavy atom. The zero-order valence-electron chi connectivity index (χ0n) is 11.1. The molecule has 0 aromatic carbocycles. The molecule has 1 fully saturated rings. The fourth-order valence-electron chi connectivity index (χ4n) is 1.93. The van der Waals surface area contributed by atoms with Crippen LogP contribution in [0.3, 0.4) is 0 Å². The monoisotopic (exact) mass is 312 g/mol. The number of hydrogen-bond donors (Lipinski definition) is 1. The van der Waals surface area contributed by atoms with Gasteiger partial charge in [0, 0.05) is 25.1 Å². The molecular weight excluding hydrogens is 292 g/mol. The molecule has 1 saturated carbocycles. The summed E-state index contributed by atoms with van der Waals surface area (Å²) < 4.78 is 0.879. The van der Waals surface area contributed by atoms with E-state index in [1.807, 2.05) is 6.07 Å². The fraction of sp³-hybridized carbons (Fsp3) is 0.692. The first-order chi connectivity index (χ1) is 8.72. The topological polar surface area (TPSA) is 41.0 Å². The van der Waals surface area contributed by atoms with E-state index in [0.29, 0.717) is 5.92 Å². The van der Waals surface area contributed by atoms with Gasteiger partial charge in [-0.3, -0.25) is 0 Å². The molecule has 0 atom stereocenters. The molecule has 0 aliphatic heterocycles. The highest BCUT2D eigenvalue weighted by Gasteiger charge is 2.27. The van der Waals surface area contributed by atoms with Crippen LogP contribution in [0.2, 0.25) is 0 Å². The number of aromatic nitrogens is 2. The summed E-state index contributed by atoms with van der Waals surface area (Å²) in [5.74, 6) is 2.51. The van der Waals surface area contributed by atoms with E-state index in [4.69, 9.17) is 0 Å². The Morgan fingerprint density at radius 3 is 2.67 bits per heavy atom. The van der Waals surface area contributed by atoms with Crippen LogP contribution in [-0.2, 0) is 0 Å². The number of anilines is 1. The molecule has 100 valence electrons. The predicted molar refractivity (Wildman–Crippen MR) is 78.0 cm³/mol. The average molecular weight is 313 g/mol. The number of rotatable bonds is 7. The lowest BCUT2D eigenvalue weighted by atomic mass is 10.4. The van der Waals surface area contributed by atoms with Gasteiger partial charge in [0.1, 0.15) is 16.2 Å². The molecule has 1 aliphatic carbocycles. The van der Waals surface area contributed by atoms with Gasteiger partial charge in [-0.1, -0.05) is 13.8 Å². The van der Waals surface area contributed by atoms with Gasteiger partial charge in [0.2, 0.25) is 0 Å². The first-order valence-electron chi connectivity index (χ1n) is 6.73. The molecule has 0 saturated heterocycles. The maximum Gasteiger partial charge on any atom is 0.135 e. The Hall–Kier alpha value is -0.680. The van der Waals surface area contributed by atoms with E-state index in [1.54, 1.807) is 0 Å². The number of nitrogens with zero attached hydrogens (tertiary/aromatic N) is 3. The normalized spacial score (nSPS) is 15.1. The van der Waals surface area contributed by atoms with E-state index in [9.17, 15) is 0 Å². The van der Waals surface area contributed by atoms with Gasteiger partial charge in [-0.15, -0.1) is 0 Å². The van der Waals surface area contributed by atoms with Gasteiger partial charge in [0.05, 0.1) is 0 Å². The molecule has 18 heavy (non-hydrogen) atoms. The maximum atomic E-state index is 4.57. The summed E-state index contributed by atoms with van der Waals surface area (Å²) in [7, 11) is 0. The highest BCUT2D eigenvalue weighted by atomic mass is 79.9. The van der Waals surface area contributed by atoms with E-state index in [2.05, 4.69) is 50.0 Å². The summed E-state index contributed by atoms with van der Waals surface area (Å²) >= 11 is 3.46. The van der Waals surface area contributed by atoms with Gasteiger partial charge in [0.25, 0.3) is 0 Å². The van der Waals surface area contributed by atoms with E-state index in [-0.39, 0.29) is 0 Å². The largest absolute Gasteiger partial charge is 0.369 e. The van der Waals surface area contributed by atoms with E-state index >= 15 is 0 Å². The molecule has 0 radical (unpaired) electrons. The van der Waals surface area contributed by atoms with Crippen molar-refractivity contribution in [3.05, 3.63) is 16.5 Å². The van der Waals surface area contributed by atoms with Crippen molar-refractivity contribution < 1.29 is 0 Å². The van der Waals surface area contributed by atoms with Gasteiger partial charge in [-0.2, -0.15) is 0 Å². The molecule has 1 aromatic rings. The quantitative estimate of drug-likeness (QED) is 0.786. The Bertz CT molecular complexity index is 389. The van der Waals surface area contributed by atoms with Crippen LogP contribution < -0.4 is 5.32 Å². The van der Waals surface area contributed by atoms with Crippen molar-refractivity contribution in [1.82, 2.24) is 14.9 Å². The first-order valence-corrected chi connectivity index (χ1v) is 7.53. The summed E-state index contributed by atoms with van der Waals surface area (Å²) in [5.41, 5.74) is 0. The summed E-state index contributed by atoms with van der Waals surface area (Å²) in [4.78, 5) is 11.4. The third kappa shape index (κ3) is 3.92. The molecule has 1 heterocycles. The summed E-state index contributed by atoms with van der Waals surface area (Å²) in [6.45, 7) is 8.55. The highest BCUT2D eigenvalue weighted by molar-refractivity contribution is 9.10. The van der Waals surface area contributed by atoms with Crippen molar-refractivity contribution in [3.8, 4) is 0 Å². The third-order valence-corrected chi connectivity index (χ3v) is 3.69. The zero-order chi connectivity index (χ0) is 13.0. The molecule has 0 spiro atoms. The lowest BCUT2D eigenvalue weighted by molar-refractivity contribution is 0.316. The molecule has 0 amide bonds. The number of likely N-dealkylation sites (N-methyl/N-ethyl adjacent to an activating group) is 1. The van der Waals surface area contributed by atoms with Crippen LogP contribution in [-0.4, -0.2) is 41.0 Å². The van der Waals surface area contributed by atoms with Gasteiger partial charge >= 0.3 is 0 Å². The SMILES string of the molecule is CCN(CC)CCNc1cc(Br)nc(C2CC2)n1. The average Bonchev–Trinajstić information content (AvgIpc) is 3.18. The Morgan fingerprint density at radius 2 is 2.06 bits per heavy atom. The molecule has 1 aromatic heterocycles. The number of hydrogen-bond acceptors (Lipinski definition) is 4. The van der Waals surface area contributed by atoms with Crippen LogP contribution in [0.25, 0.3) is 0 Å². The van der Waals surface area contributed by atoms with Crippen LogP contribution in [0.4, 0.5) is 5.82 Å². The zero-order valence-corrected chi connectivity index (χ0v) is 12.7. The maximum absolute atomic E-state index is 4.57. The Labute approximate surface area is 117 Å². The van der Waals surface area contributed by atoms with Crippen molar-refractivity contribution in [2.75, 3.05) is 31.5 Å². The minimum absolute atomic E-state index is 0.589. The van der Waals surface area contributed by atoms with Crippen molar-refractivity contribution in [2.45, 2.75) is 32.6 Å². The molecule has 5 heteroatoms. The highest BCUT2D eigenvalue weighted by Crippen LogP contribution is 2.38. The van der Waals surface area contributed by atoms with Gasteiger partial charge < -0.3 is 10.2 Å². The molecule has 1 aliphatic rings. The second kappa shape index (κ2) is 6.48. The van der Waals surface area contributed by atoms with Crippen molar-refractivity contribution in [2.24, 2.45) is 0 Å². The van der Waals surface area contributed by atoms with E-state index in [0.717, 1.165) is 42.4 Å². The Balaban J connectivity index is 1.88. The summed E-state index contributed by atoms with van der Waals surface area (Å²) in [6, 6.07) is 1.95. The molecule has 1 N–H and O–H groups in total. The van der Waals surface area contributed by atoms with Crippen LogP contribution in [0, 0.1) is 0 Å². The molecule has 0 bridgehead atoms. The Kier molecular flexibility index (Phi) is 4.95. The second-order valence-corrected chi connectivity index (χ2v) is 5.47. The molecular formula is C13H21BrN4. The van der Waals surface area contributed by atoms with Crippen LogP contribution in [0.15, 0.2) is 10.7 Å². The predicted octanol–water partition coefficient (Wildman–Crippen LogP) is 2.87. The molecule has 4 nitrogen and oxygen atoms in total. The second-order valence-electron chi connectivity index (χ2n) is 4.66. The molecule has 2 rings (SSSR count). The minimum Gasteiger partial charge on any atom is -0.369 e. The van der Waals surface area contributed by atoms with Crippen LogP contribution in [0.5, 0.6) is 0 Å². The van der Waals surface area contributed by atoms with E-state index in [1.165, 1.54) is 12.8 Å². The van der Waals surface area contributed by atoms with Crippen molar-refractivity contribution >= 4 is 21.7 Å². The third-order valence-electron chi connectivity index (χ3n) is 3.28. The summed E-state index contributed by atoms with van der Waals surface area (Å²) in [6.07, 6.45) is 2.46. The van der Waals surface area contributed by atoms with Crippen LogP contribution in [0.1, 0.15) is 38.4 Å². The fourth-order valence-corrected chi connectivity index (χ4v) is 2.33. The molecule has 0 unspecified atom stereocenters. The first kappa shape index (κ1) is 13.7. The van der Waals surface area contributed by atoms with E-state index < -0.39 is 0 Å². The minimum atomic E-state index is 0.589.